The van der Waals surface area contributed by atoms with Crippen LogP contribution >= 0.6 is 11.6 Å². The molecule has 0 aliphatic heterocycles. The van der Waals surface area contributed by atoms with E-state index >= 15 is 0 Å². The second-order valence-corrected chi connectivity index (χ2v) is 0.590. The van der Waals surface area contributed by atoms with E-state index in [4.69, 9.17) is 11.6 Å². The fourth-order valence-electron chi connectivity index (χ4n) is 0. The van der Waals surface area contributed by atoms with Crippen molar-refractivity contribution in [2.24, 2.45) is 0 Å². The predicted octanol–water partition coefficient (Wildman–Crippen LogP) is 0.691. The second kappa shape index (κ2) is 3.07. The lowest BCUT2D eigenvalue weighted by Gasteiger charge is -1.65. The molecule has 0 atom stereocenters. The Balaban J connectivity index is 2.83. The molecule has 0 bridgehead atoms. The van der Waals surface area contributed by atoms with Crippen molar-refractivity contribution in [1.82, 2.24) is 0 Å². The number of rotatable bonds is 0. The third-order valence-corrected chi connectivity index (χ3v) is 0.347. The van der Waals surface area contributed by atoms with Crippen LogP contribution in [-0.4, -0.2) is 0 Å². The Kier molecular flexibility index (Phi) is 3.12. The van der Waals surface area contributed by atoms with Crippen molar-refractivity contribution < 1.29 is 0 Å². The van der Waals surface area contributed by atoms with E-state index in [0.717, 1.165) is 0 Å². The zero-order valence-corrected chi connectivity index (χ0v) is 3.36. The van der Waals surface area contributed by atoms with Crippen molar-refractivity contribution in [3.63, 3.8) is 0 Å². The summed E-state index contributed by atoms with van der Waals surface area (Å²) in [6, 6.07) is 0. The van der Waals surface area contributed by atoms with Crippen molar-refractivity contribution in [3.8, 4) is 10.6 Å². The van der Waals surface area contributed by atoms with Crippen LogP contribution in [0.15, 0.2) is 0 Å². The van der Waals surface area contributed by atoms with Gasteiger partial charge in [0.15, 0.2) is 0 Å². The standard InChI is InChI=1S/C2HClS/c3-1-2-4/h4H/p-1. The number of hydrogen-bond acceptors (Lipinski definition) is 1. The van der Waals surface area contributed by atoms with Gasteiger partial charge in [-0.1, -0.05) is 0 Å². The second-order valence-electron chi connectivity index (χ2n) is 0.197. The van der Waals surface area contributed by atoms with E-state index in [1.165, 1.54) is 0 Å². The van der Waals surface area contributed by atoms with Crippen molar-refractivity contribution in [1.29, 1.82) is 0 Å². The van der Waals surface area contributed by atoms with Crippen LogP contribution in [0.1, 0.15) is 0 Å². The Bertz CT molecular complexity index is 42.8. The minimum Gasteiger partial charge on any atom is -0.724 e. The van der Waals surface area contributed by atoms with Crippen LogP contribution in [0.25, 0.3) is 0 Å². The van der Waals surface area contributed by atoms with Crippen molar-refractivity contribution in [2.45, 2.75) is 0 Å². The molecule has 0 unspecified atom stereocenters. The molecule has 0 aromatic rings. The van der Waals surface area contributed by atoms with Crippen LogP contribution in [0.3, 0.4) is 0 Å². The first-order chi connectivity index (χ1) is 1.91. The zero-order valence-electron chi connectivity index (χ0n) is 1.79. The van der Waals surface area contributed by atoms with Gasteiger partial charge in [-0.2, -0.15) is 0 Å². The Morgan fingerprint density at radius 3 is 2.00 bits per heavy atom. The van der Waals surface area contributed by atoms with E-state index in [9.17, 15) is 0 Å². The molecule has 0 aliphatic rings. The lowest BCUT2D eigenvalue weighted by Crippen LogP contribution is -1.25. The maximum Gasteiger partial charge on any atom is -0.0205 e. The third-order valence-electron chi connectivity index (χ3n) is 0.0386. The lowest BCUT2D eigenvalue weighted by molar-refractivity contribution is 3.02. The summed E-state index contributed by atoms with van der Waals surface area (Å²) in [4.78, 5) is 0. The molecule has 0 aromatic carbocycles. The monoisotopic (exact) mass is 90.9 g/mol. The minimum atomic E-state index is 1.97. The van der Waals surface area contributed by atoms with Gasteiger partial charge in [0, 0.05) is 0 Å². The normalized spacial score (nSPS) is 3.25. The highest BCUT2D eigenvalue weighted by Gasteiger charge is 1.18. The molecule has 0 aliphatic carbocycles. The lowest BCUT2D eigenvalue weighted by atomic mass is 11.4. The van der Waals surface area contributed by atoms with Crippen molar-refractivity contribution in [3.05, 3.63) is 0 Å². The number of halogens is 1. The van der Waals surface area contributed by atoms with Gasteiger partial charge in [-0.25, -0.2) is 5.25 Å². The summed E-state index contributed by atoms with van der Waals surface area (Å²) in [5.74, 6) is 0. The van der Waals surface area contributed by atoms with Gasteiger partial charge in [-0.3, -0.25) is 0 Å². The van der Waals surface area contributed by atoms with Gasteiger partial charge in [0.1, 0.15) is 0 Å². The Morgan fingerprint density at radius 1 is 1.75 bits per heavy atom. The minimum absolute atomic E-state index is 1.97. The average Bonchev–Trinajstić information content (AvgIpc) is 1.37. The fraction of sp³-hybridized carbons (Fsp3) is 0. The van der Waals surface area contributed by atoms with Crippen LogP contribution in [0.4, 0.5) is 0 Å². The van der Waals surface area contributed by atoms with Gasteiger partial charge in [0.05, 0.1) is 0 Å². The van der Waals surface area contributed by atoms with E-state index in [1.54, 1.807) is 0 Å². The Hall–Kier alpha value is 0.0700. The van der Waals surface area contributed by atoms with Crippen LogP contribution < -0.4 is 0 Å². The van der Waals surface area contributed by atoms with E-state index in [2.05, 4.69) is 12.6 Å². The molecule has 0 spiro atoms. The third kappa shape index (κ3) is 2.07. The summed E-state index contributed by atoms with van der Waals surface area (Å²) in [7, 11) is 0. The molecule has 0 radical (unpaired) electrons. The van der Waals surface area contributed by atoms with Crippen LogP contribution in [0, 0.1) is 10.6 Å². The molecule has 22 valence electrons. The van der Waals surface area contributed by atoms with Gasteiger partial charge in [0.2, 0.25) is 0 Å². The highest BCUT2D eigenvalue weighted by atomic mass is 35.5. The SMILES string of the molecule is [S-]C#CCl. The molecular formula is C2ClS-. The Morgan fingerprint density at radius 2 is 2.00 bits per heavy atom. The maximum absolute atomic E-state index is 4.72. The molecule has 0 N–H and O–H groups in total. The molecule has 4 heavy (non-hydrogen) atoms. The summed E-state index contributed by atoms with van der Waals surface area (Å²) in [6.45, 7) is 0. The van der Waals surface area contributed by atoms with Crippen molar-refractivity contribution in [2.75, 3.05) is 0 Å². The number of hydrogen-bond donors (Lipinski definition) is 0. The quantitative estimate of drug-likeness (QED) is 0.312. The zero-order chi connectivity index (χ0) is 3.41. The summed E-state index contributed by atoms with van der Waals surface area (Å²) < 4.78 is 0. The average molecular weight is 91.5 g/mol. The molecule has 0 saturated heterocycles. The molecular weight excluding hydrogens is 91.5 g/mol. The van der Waals surface area contributed by atoms with Crippen LogP contribution in [0.5, 0.6) is 0 Å². The van der Waals surface area contributed by atoms with E-state index < -0.39 is 0 Å². The van der Waals surface area contributed by atoms with Crippen LogP contribution in [0.2, 0.25) is 0 Å². The molecule has 0 rings (SSSR count). The highest BCUT2D eigenvalue weighted by molar-refractivity contribution is 7.64. The summed E-state index contributed by atoms with van der Waals surface area (Å²) in [5.41, 5.74) is 0. The first-order valence-corrected chi connectivity index (χ1v) is 1.43. The summed E-state index contributed by atoms with van der Waals surface area (Å²) >= 11 is 8.78. The summed E-state index contributed by atoms with van der Waals surface area (Å²) in [6.07, 6.45) is 0. The van der Waals surface area contributed by atoms with Gasteiger partial charge >= 0.3 is 0 Å². The van der Waals surface area contributed by atoms with Gasteiger partial charge < -0.3 is 12.6 Å². The van der Waals surface area contributed by atoms with Crippen molar-refractivity contribution >= 4 is 24.2 Å². The van der Waals surface area contributed by atoms with E-state index in [1.807, 2.05) is 10.6 Å². The van der Waals surface area contributed by atoms with Gasteiger partial charge in [0.25, 0.3) is 0 Å². The van der Waals surface area contributed by atoms with E-state index in [-0.39, 0.29) is 0 Å². The molecule has 0 amide bonds. The molecule has 0 aromatic heterocycles. The van der Waals surface area contributed by atoms with Crippen LogP contribution in [-0.2, 0) is 12.6 Å². The molecule has 0 nitrogen and oxygen atoms in total. The fourth-order valence-corrected chi connectivity index (χ4v) is 0. The molecule has 0 heterocycles. The molecule has 0 fully saturated rings. The Labute approximate surface area is 35.6 Å². The largest absolute Gasteiger partial charge is 0.724 e. The molecule has 2 heteroatoms. The van der Waals surface area contributed by atoms with Gasteiger partial charge in [-0.05, 0) is 17.0 Å². The molecule has 0 saturated carbocycles. The first-order valence-electron chi connectivity index (χ1n) is 0.643. The highest BCUT2D eigenvalue weighted by Crippen LogP contribution is 1.55. The van der Waals surface area contributed by atoms with Gasteiger partial charge in [-0.15, -0.1) is 0 Å². The topological polar surface area (TPSA) is 0 Å². The smallest absolute Gasteiger partial charge is 0.0205 e. The van der Waals surface area contributed by atoms with E-state index in [0.29, 0.717) is 0 Å². The predicted molar refractivity (Wildman–Crippen MR) is 21.0 cm³/mol. The summed E-state index contributed by atoms with van der Waals surface area (Å²) in [5, 5.41) is 4.00. The first kappa shape index (κ1) is 4.07. The maximum atomic E-state index is 4.72.